The number of ether oxygens (including phenoxy) is 1. The number of carbonyl (C=O) groups excluding carboxylic acids is 1. The van der Waals surface area contributed by atoms with E-state index < -0.39 is 29.1 Å². The zero-order chi connectivity index (χ0) is 14.2. The highest BCUT2D eigenvalue weighted by Gasteiger charge is 2.40. The normalized spacial score (nSPS) is 22.2. The number of nitrogens with zero attached hydrogens (tertiary/aromatic N) is 1. The Morgan fingerprint density at radius 1 is 1.53 bits per heavy atom. The predicted molar refractivity (Wildman–Crippen MR) is 62.4 cm³/mol. The number of esters is 1. The van der Waals surface area contributed by atoms with E-state index in [1.807, 2.05) is 0 Å². The topological polar surface area (TPSA) is 65.2 Å². The first-order valence-electron chi connectivity index (χ1n) is 5.51. The number of pyridine rings is 1. The van der Waals surface area contributed by atoms with Crippen LogP contribution in [0.3, 0.4) is 0 Å². The molecule has 0 spiro atoms. The first-order valence-corrected chi connectivity index (χ1v) is 6.39. The van der Waals surface area contributed by atoms with Crippen molar-refractivity contribution in [1.29, 1.82) is 0 Å². The quantitative estimate of drug-likeness (QED) is 0.846. The van der Waals surface area contributed by atoms with Crippen LogP contribution in [0.1, 0.15) is 24.2 Å². The molecule has 2 heterocycles. The fourth-order valence-corrected chi connectivity index (χ4v) is 2.92. The zero-order valence-electron chi connectivity index (χ0n) is 9.90. The fraction of sp³-hybridized carbons (Fsp3) is 0.455. The first kappa shape index (κ1) is 14.1. The Labute approximate surface area is 111 Å². The van der Waals surface area contributed by atoms with Gasteiger partial charge in [-0.15, -0.1) is 0 Å². The van der Waals surface area contributed by atoms with Crippen LogP contribution in [0.5, 0.6) is 0 Å². The number of halogens is 3. The van der Waals surface area contributed by atoms with Gasteiger partial charge in [-0.25, -0.2) is 4.98 Å². The van der Waals surface area contributed by atoms with Gasteiger partial charge in [0.2, 0.25) is 0 Å². The summed E-state index contributed by atoms with van der Waals surface area (Å²) >= 11 is 0.912. The maximum atomic E-state index is 12.5. The van der Waals surface area contributed by atoms with Crippen molar-refractivity contribution in [1.82, 2.24) is 4.98 Å². The van der Waals surface area contributed by atoms with Crippen LogP contribution < -0.4 is 5.73 Å². The van der Waals surface area contributed by atoms with Crippen molar-refractivity contribution in [2.45, 2.75) is 29.4 Å². The Bertz CT molecular complexity index is 507. The molecule has 104 valence electrons. The van der Waals surface area contributed by atoms with Gasteiger partial charge in [-0.1, -0.05) is 17.8 Å². The van der Waals surface area contributed by atoms with Gasteiger partial charge in [0.15, 0.2) is 0 Å². The van der Waals surface area contributed by atoms with E-state index in [1.54, 1.807) is 6.92 Å². The lowest BCUT2D eigenvalue weighted by molar-refractivity contribution is -0.143. The number of hydrogen-bond donors (Lipinski definition) is 1. The van der Waals surface area contributed by atoms with Crippen LogP contribution in [-0.4, -0.2) is 22.8 Å². The SMILES string of the molecule is CCOC(=O)C1Sc2nc(C(F)(F)F)ccc2C1N. The molecule has 1 aliphatic rings. The van der Waals surface area contributed by atoms with E-state index in [4.69, 9.17) is 10.5 Å². The highest BCUT2D eigenvalue weighted by Crippen LogP contribution is 2.43. The van der Waals surface area contributed by atoms with E-state index in [2.05, 4.69) is 4.98 Å². The molecule has 8 heteroatoms. The molecule has 1 aromatic rings. The van der Waals surface area contributed by atoms with Gasteiger partial charge in [-0.05, 0) is 13.0 Å². The largest absolute Gasteiger partial charge is 0.465 e. The van der Waals surface area contributed by atoms with Crippen molar-refractivity contribution in [2.24, 2.45) is 5.73 Å². The number of fused-ring (bicyclic) bond motifs is 1. The molecule has 0 fully saturated rings. The Balaban J connectivity index is 2.28. The van der Waals surface area contributed by atoms with Crippen molar-refractivity contribution in [3.8, 4) is 0 Å². The second-order valence-corrected chi connectivity index (χ2v) is 5.04. The number of carbonyl (C=O) groups is 1. The molecule has 4 nitrogen and oxygen atoms in total. The van der Waals surface area contributed by atoms with Crippen LogP contribution in [-0.2, 0) is 15.7 Å². The third-order valence-electron chi connectivity index (χ3n) is 2.62. The van der Waals surface area contributed by atoms with Crippen molar-refractivity contribution >= 4 is 17.7 Å². The molecule has 2 atom stereocenters. The van der Waals surface area contributed by atoms with Gasteiger partial charge in [-0.3, -0.25) is 4.79 Å². The molecule has 2 N–H and O–H groups in total. The van der Waals surface area contributed by atoms with Crippen molar-refractivity contribution in [3.63, 3.8) is 0 Å². The number of hydrogen-bond acceptors (Lipinski definition) is 5. The Hall–Kier alpha value is -1.28. The summed E-state index contributed by atoms with van der Waals surface area (Å²) in [4.78, 5) is 15.2. The van der Waals surface area contributed by atoms with E-state index in [0.717, 1.165) is 17.8 Å². The van der Waals surface area contributed by atoms with Crippen LogP contribution in [0.15, 0.2) is 17.2 Å². The average molecular weight is 292 g/mol. The molecule has 0 aliphatic carbocycles. The molecule has 0 amide bonds. The van der Waals surface area contributed by atoms with E-state index >= 15 is 0 Å². The predicted octanol–water partition coefficient (Wildman–Crippen LogP) is 2.14. The van der Waals surface area contributed by atoms with Gasteiger partial charge in [0.25, 0.3) is 0 Å². The summed E-state index contributed by atoms with van der Waals surface area (Å²) in [6.07, 6.45) is -4.51. The standard InChI is InChI=1S/C11H11F3N2O2S/c1-2-18-10(17)8-7(15)5-3-4-6(11(12,13)14)16-9(5)19-8/h3-4,7-8H,2,15H2,1H3. The van der Waals surface area contributed by atoms with Crippen LogP contribution in [0.4, 0.5) is 13.2 Å². The van der Waals surface area contributed by atoms with Gasteiger partial charge in [0, 0.05) is 5.56 Å². The highest BCUT2D eigenvalue weighted by molar-refractivity contribution is 8.00. The summed E-state index contributed by atoms with van der Waals surface area (Å²) in [5, 5.41) is -0.605. The third-order valence-corrected chi connectivity index (χ3v) is 3.91. The molecule has 2 rings (SSSR count). The molecule has 0 bridgehead atoms. The van der Waals surface area contributed by atoms with Crippen LogP contribution >= 0.6 is 11.8 Å². The Morgan fingerprint density at radius 3 is 2.79 bits per heavy atom. The minimum Gasteiger partial charge on any atom is -0.465 e. The lowest BCUT2D eigenvalue weighted by atomic mass is 10.1. The van der Waals surface area contributed by atoms with E-state index in [9.17, 15) is 18.0 Å². The molecule has 0 radical (unpaired) electrons. The number of thioether (sulfide) groups is 1. The summed E-state index contributed by atoms with van der Waals surface area (Å²) < 4.78 is 42.4. The number of nitrogens with two attached hydrogens (primary N) is 1. The van der Waals surface area contributed by atoms with E-state index in [1.165, 1.54) is 6.07 Å². The average Bonchev–Trinajstić information content (AvgIpc) is 2.66. The van der Waals surface area contributed by atoms with Crippen LogP contribution in [0, 0.1) is 0 Å². The van der Waals surface area contributed by atoms with Gasteiger partial charge in [0.05, 0.1) is 12.6 Å². The molecule has 0 saturated heterocycles. The van der Waals surface area contributed by atoms with Gasteiger partial charge >= 0.3 is 12.1 Å². The van der Waals surface area contributed by atoms with Gasteiger partial charge < -0.3 is 10.5 Å². The first-order chi connectivity index (χ1) is 8.84. The summed E-state index contributed by atoms with van der Waals surface area (Å²) in [6.45, 7) is 1.84. The second-order valence-electron chi connectivity index (χ2n) is 3.90. The molecule has 1 aliphatic heterocycles. The zero-order valence-corrected chi connectivity index (χ0v) is 10.7. The smallest absolute Gasteiger partial charge is 0.433 e. The van der Waals surface area contributed by atoms with Crippen molar-refractivity contribution in [3.05, 3.63) is 23.4 Å². The van der Waals surface area contributed by atoms with Gasteiger partial charge in [0.1, 0.15) is 16.0 Å². The minimum absolute atomic E-state index is 0.139. The summed E-state index contributed by atoms with van der Waals surface area (Å²) in [5.74, 6) is -0.536. The summed E-state index contributed by atoms with van der Waals surface area (Å²) in [5.41, 5.74) is 5.29. The lowest BCUT2D eigenvalue weighted by Gasteiger charge is -2.12. The minimum atomic E-state index is -4.51. The molecule has 1 aromatic heterocycles. The van der Waals surface area contributed by atoms with E-state index in [-0.39, 0.29) is 11.6 Å². The third kappa shape index (κ3) is 2.69. The van der Waals surface area contributed by atoms with E-state index in [0.29, 0.717) is 5.56 Å². The van der Waals surface area contributed by atoms with Crippen molar-refractivity contribution < 1.29 is 22.7 Å². The highest BCUT2D eigenvalue weighted by atomic mass is 32.2. The van der Waals surface area contributed by atoms with Gasteiger partial charge in [-0.2, -0.15) is 13.2 Å². The second kappa shape index (κ2) is 5.01. The molecular formula is C11H11F3N2O2S. The Kier molecular flexibility index (Phi) is 3.73. The maximum absolute atomic E-state index is 12.5. The maximum Gasteiger partial charge on any atom is 0.433 e. The Morgan fingerprint density at radius 2 is 2.21 bits per heavy atom. The molecule has 2 unspecified atom stereocenters. The number of aromatic nitrogens is 1. The lowest BCUT2D eigenvalue weighted by Crippen LogP contribution is -2.29. The molecular weight excluding hydrogens is 281 g/mol. The fourth-order valence-electron chi connectivity index (χ4n) is 1.73. The summed E-state index contributed by atoms with van der Waals surface area (Å²) in [6, 6.07) is 1.43. The monoisotopic (exact) mass is 292 g/mol. The number of rotatable bonds is 2. The van der Waals surface area contributed by atoms with Crippen molar-refractivity contribution in [2.75, 3.05) is 6.61 Å². The summed E-state index contributed by atoms with van der Waals surface area (Å²) in [7, 11) is 0. The van der Waals surface area contributed by atoms with Crippen LogP contribution in [0.25, 0.3) is 0 Å². The molecule has 19 heavy (non-hydrogen) atoms. The molecule has 0 saturated carbocycles. The number of alkyl halides is 3. The molecule has 0 aromatic carbocycles. The van der Waals surface area contributed by atoms with Crippen LogP contribution in [0.2, 0.25) is 0 Å².